The molecule has 0 nitrogen and oxygen atoms in total. The maximum absolute atomic E-state index is 2.40. The molecule has 2 heterocycles. The van der Waals surface area contributed by atoms with E-state index in [0.717, 1.165) is 0 Å². The molecule has 2 aliphatic heterocycles. The first-order valence-corrected chi connectivity index (χ1v) is 16.6. The molecule has 0 saturated carbocycles. The van der Waals surface area contributed by atoms with E-state index in [0.29, 0.717) is 0 Å². The average Bonchev–Trinajstić information content (AvgIpc) is 3.08. The van der Waals surface area contributed by atoms with Crippen molar-refractivity contribution in [3.05, 3.63) is 146 Å². The average molecular weight is 593 g/mol. The molecular weight excluding hydrogens is 569 g/mol. The van der Waals surface area contributed by atoms with Gasteiger partial charge < -0.3 is 0 Å². The van der Waals surface area contributed by atoms with Crippen molar-refractivity contribution in [3.63, 3.8) is 0 Å². The fourth-order valence-electron chi connectivity index (χ4n) is 7.33. The smallest absolute Gasteiger partial charge is 0.0207 e. The highest BCUT2D eigenvalue weighted by Crippen LogP contribution is 2.51. The molecule has 44 heavy (non-hydrogen) atoms. The molecule has 2 aliphatic rings. The van der Waals surface area contributed by atoms with Gasteiger partial charge in [0.05, 0.1) is 0 Å². The third-order valence-electron chi connectivity index (χ3n) is 9.28. The van der Waals surface area contributed by atoms with Crippen molar-refractivity contribution in [1.29, 1.82) is 0 Å². The minimum atomic E-state index is 1.26. The van der Waals surface area contributed by atoms with Crippen molar-refractivity contribution in [2.24, 2.45) is 0 Å². The number of fused-ring (bicyclic) bond motifs is 5. The molecule has 0 atom stereocenters. The van der Waals surface area contributed by atoms with E-state index in [1.165, 1.54) is 96.4 Å². The zero-order valence-corrected chi connectivity index (χ0v) is 25.3. The Labute approximate surface area is 264 Å². The highest BCUT2D eigenvalue weighted by Gasteiger charge is 2.22. The standard InChI is InChI=1S/C42H24S2/c1-2-11-29-28(10-1)27(26-18-19-33-35-13-5-8-25-9-6-17-38(41(25)35)44-40(33)24-26)20-21-30(29)31-22-23-39-42-34(31)14-7-15-36(42)32-12-3-4-16-37(32)43-39/h1-24H. The Hall–Kier alpha value is -4.76. The predicted octanol–water partition coefficient (Wildman–Crippen LogP) is 12.7. The fraction of sp³-hybridized carbons (Fsp3) is 0. The molecule has 8 aromatic carbocycles. The Morgan fingerprint density at radius 3 is 1.75 bits per heavy atom. The predicted molar refractivity (Wildman–Crippen MR) is 189 cm³/mol. The van der Waals surface area contributed by atoms with Crippen LogP contribution in [0, 0.1) is 0 Å². The third-order valence-corrected chi connectivity index (χ3v) is 11.5. The van der Waals surface area contributed by atoms with Crippen LogP contribution in [0.15, 0.2) is 165 Å². The molecule has 0 aliphatic carbocycles. The van der Waals surface area contributed by atoms with E-state index < -0.39 is 0 Å². The van der Waals surface area contributed by atoms with Crippen molar-refractivity contribution < 1.29 is 0 Å². The molecule has 0 bridgehead atoms. The van der Waals surface area contributed by atoms with E-state index in [2.05, 4.69) is 146 Å². The Kier molecular flexibility index (Phi) is 5.25. The van der Waals surface area contributed by atoms with Crippen LogP contribution in [-0.2, 0) is 0 Å². The first kappa shape index (κ1) is 24.7. The van der Waals surface area contributed by atoms with Gasteiger partial charge in [-0.25, -0.2) is 0 Å². The Bertz CT molecular complexity index is 2500. The number of hydrogen-bond acceptors (Lipinski definition) is 2. The number of benzene rings is 8. The minimum absolute atomic E-state index is 1.26. The van der Waals surface area contributed by atoms with Crippen LogP contribution in [-0.4, -0.2) is 0 Å². The third kappa shape index (κ3) is 3.50. The van der Waals surface area contributed by atoms with Crippen molar-refractivity contribution in [2.45, 2.75) is 19.6 Å². The summed E-state index contributed by atoms with van der Waals surface area (Å²) in [4.78, 5) is 5.33. The largest absolute Gasteiger partial charge is 0.0888 e. The molecule has 204 valence electrons. The lowest BCUT2D eigenvalue weighted by molar-refractivity contribution is 1.39. The molecular formula is C42H24S2. The van der Waals surface area contributed by atoms with Crippen LogP contribution >= 0.6 is 23.5 Å². The lowest BCUT2D eigenvalue weighted by Crippen LogP contribution is -1.95. The summed E-state index contributed by atoms with van der Waals surface area (Å²) in [6.45, 7) is 0. The lowest BCUT2D eigenvalue weighted by Gasteiger charge is -2.22. The van der Waals surface area contributed by atoms with Crippen LogP contribution in [0.5, 0.6) is 0 Å². The molecule has 0 N–H and O–H groups in total. The molecule has 8 aromatic rings. The highest BCUT2D eigenvalue weighted by atomic mass is 32.2. The maximum Gasteiger partial charge on any atom is 0.0207 e. The van der Waals surface area contributed by atoms with Gasteiger partial charge in [-0.05, 0) is 90.3 Å². The topological polar surface area (TPSA) is 0 Å². The van der Waals surface area contributed by atoms with E-state index in [1.807, 2.05) is 23.5 Å². The Morgan fingerprint density at radius 1 is 0.295 bits per heavy atom. The SMILES string of the molecule is c1ccc2c(c1)Sc1ccc(-c3ccc(-c4ccc5c(c4)Sc4cccc6cccc-5c46)c4ccccc34)c3cccc-2c13. The van der Waals surface area contributed by atoms with Gasteiger partial charge in [-0.15, -0.1) is 0 Å². The van der Waals surface area contributed by atoms with E-state index in [4.69, 9.17) is 0 Å². The zero-order valence-electron chi connectivity index (χ0n) is 23.7. The van der Waals surface area contributed by atoms with E-state index in [9.17, 15) is 0 Å². The van der Waals surface area contributed by atoms with Crippen LogP contribution in [0.1, 0.15) is 0 Å². The molecule has 10 rings (SSSR count). The van der Waals surface area contributed by atoms with Gasteiger partial charge in [0, 0.05) is 30.4 Å². The molecule has 2 heteroatoms. The molecule has 0 aromatic heterocycles. The van der Waals surface area contributed by atoms with E-state index in [-0.39, 0.29) is 0 Å². The summed E-state index contributed by atoms with van der Waals surface area (Å²) in [5, 5.41) is 7.94. The Morgan fingerprint density at radius 2 is 0.841 bits per heavy atom. The van der Waals surface area contributed by atoms with Crippen LogP contribution < -0.4 is 0 Å². The number of hydrogen-bond donors (Lipinski definition) is 0. The second-order valence-electron chi connectivity index (χ2n) is 11.6. The van der Waals surface area contributed by atoms with Gasteiger partial charge in [-0.3, -0.25) is 0 Å². The van der Waals surface area contributed by atoms with Gasteiger partial charge in [0.1, 0.15) is 0 Å². The second-order valence-corrected chi connectivity index (χ2v) is 13.8. The van der Waals surface area contributed by atoms with E-state index >= 15 is 0 Å². The monoisotopic (exact) mass is 592 g/mol. The quantitative estimate of drug-likeness (QED) is 0.196. The molecule has 0 amide bonds. The van der Waals surface area contributed by atoms with Crippen LogP contribution in [0.25, 0.3) is 76.8 Å². The van der Waals surface area contributed by atoms with Gasteiger partial charge in [-0.1, -0.05) is 145 Å². The van der Waals surface area contributed by atoms with Crippen molar-refractivity contribution in [2.75, 3.05) is 0 Å². The van der Waals surface area contributed by atoms with Crippen molar-refractivity contribution in [1.82, 2.24) is 0 Å². The highest BCUT2D eigenvalue weighted by molar-refractivity contribution is 8.00. The molecule has 0 saturated heterocycles. The molecule has 0 radical (unpaired) electrons. The molecule has 0 unspecified atom stereocenters. The van der Waals surface area contributed by atoms with Crippen molar-refractivity contribution in [3.8, 4) is 44.5 Å². The van der Waals surface area contributed by atoms with Gasteiger partial charge in [0.25, 0.3) is 0 Å². The number of rotatable bonds is 2. The van der Waals surface area contributed by atoms with Gasteiger partial charge in [0.15, 0.2) is 0 Å². The fourth-order valence-corrected chi connectivity index (χ4v) is 9.65. The lowest BCUT2D eigenvalue weighted by atomic mass is 9.88. The first-order chi connectivity index (χ1) is 21.8. The van der Waals surface area contributed by atoms with Crippen molar-refractivity contribution >= 4 is 55.8 Å². The second kappa shape index (κ2) is 9.37. The summed E-state index contributed by atoms with van der Waals surface area (Å²) in [6, 6.07) is 54.2. The normalized spacial score (nSPS) is 12.8. The minimum Gasteiger partial charge on any atom is -0.0888 e. The summed E-state index contributed by atoms with van der Waals surface area (Å²) in [5.74, 6) is 0. The van der Waals surface area contributed by atoms with Crippen LogP contribution in [0.2, 0.25) is 0 Å². The van der Waals surface area contributed by atoms with Gasteiger partial charge in [0.2, 0.25) is 0 Å². The summed E-state index contributed by atoms with van der Waals surface area (Å²) in [5.41, 5.74) is 10.4. The van der Waals surface area contributed by atoms with Gasteiger partial charge in [-0.2, -0.15) is 0 Å². The summed E-state index contributed by atoms with van der Waals surface area (Å²) >= 11 is 3.78. The van der Waals surface area contributed by atoms with E-state index in [1.54, 1.807) is 0 Å². The summed E-state index contributed by atoms with van der Waals surface area (Å²) in [6.07, 6.45) is 0. The van der Waals surface area contributed by atoms with Crippen LogP contribution in [0.4, 0.5) is 0 Å². The van der Waals surface area contributed by atoms with Gasteiger partial charge >= 0.3 is 0 Å². The maximum atomic E-state index is 2.40. The first-order valence-electron chi connectivity index (χ1n) is 15.0. The summed E-state index contributed by atoms with van der Waals surface area (Å²) in [7, 11) is 0. The Balaban J connectivity index is 1.15. The molecule has 0 fully saturated rings. The molecule has 0 spiro atoms. The van der Waals surface area contributed by atoms with Crippen LogP contribution in [0.3, 0.4) is 0 Å². The zero-order chi connectivity index (χ0) is 28.8. The summed E-state index contributed by atoms with van der Waals surface area (Å²) < 4.78 is 0.